The zero-order valence-electron chi connectivity index (χ0n) is 16.8. The third kappa shape index (κ3) is 8.85. The van der Waals surface area contributed by atoms with E-state index in [0.717, 1.165) is 32.1 Å². The van der Waals surface area contributed by atoms with Crippen LogP contribution in [-0.4, -0.2) is 41.8 Å². The second kappa shape index (κ2) is 13.7. The fraction of sp³-hybridized carbons (Fsp3) is 0.727. The fourth-order valence-corrected chi connectivity index (χ4v) is 3.75. The highest BCUT2D eigenvalue weighted by molar-refractivity contribution is 5.89. The Hall–Kier alpha value is -1.46. The van der Waals surface area contributed by atoms with Crippen molar-refractivity contribution >= 4 is 11.8 Å². The lowest BCUT2D eigenvalue weighted by atomic mass is 9.86. The zero-order valence-corrected chi connectivity index (χ0v) is 16.8. The summed E-state index contributed by atoms with van der Waals surface area (Å²) in [7, 11) is 1.39. The molecule has 1 aliphatic carbocycles. The van der Waals surface area contributed by atoms with Crippen molar-refractivity contribution in [2.75, 3.05) is 13.7 Å². The Morgan fingerprint density at radius 2 is 1.93 bits per heavy atom. The number of allylic oxidation sites excluding steroid dienone is 4. The first kappa shape index (κ1) is 23.6. The number of ketones is 1. The number of aliphatic hydroxyl groups excluding tert-OH is 2. The maximum atomic E-state index is 12.0. The molecule has 0 heterocycles. The molecule has 1 fully saturated rings. The third-order valence-electron chi connectivity index (χ3n) is 5.40. The van der Waals surface area contributed by atoms with E-state index < -0.39 is 6.10 Å². The van der Waals surface area contributed by atoms with Crippen molar-refractivity contribution in [2.45, 2.75) is 70.8 Å². The second-order valence-electron chi connectivity index (χ2n) is 7.44. The molecule has 0 bridgehead atoms. The van der Waals surface area contributed by atoms with Gasteiger partial charge in [0.15, 0.2) is 5.78 Å². The number of carbonyl (C=O) groups is 2. The molecule has 154 valence electrons. The Kier molecular flexibility index (Phi) is 11.9. The van der Waals surface area contributed by atoms with Gasteiger partial charge in [-0.25, -0.2) is 0 Å². The number of hydrogen-bond donors (Lipinski definition) is 2. The molecule has 1 rings (SSSR count). The van der Waals surface area contributed by atoms with Gasteiger partial charge in [-0.05, 0) is 55.9 Å². The van der Waals surface area contributed by atoms with E-state index in [1.807, 2.05) is 18.2 Å². The summed E-state index contributed by atoms with van der Waals surface area (Å²) >= 11 is 0. The van der Waals surface area contributed by atoms with Gasteiger partial charge in [-0.2, -0.15) is 0 Å². The Morgan fingerprint density at radius 3 is 2.59 bits per heavy atom. The van der Waals surface area contributed by atoms with Crippen LogP contribution < -0.4 is 0 Å². The van der Waals surface area contributed by atoms with Crippen molar-refractivity contribution < 1.29 is 24.5 Å². The summed E-state index contributed by atoms with van der Waals surface area (Å²) in [5.74, 6) is -0.0520. The van der Waals surface area contributed by atoms with Gasteiger partial charge in [0.05, 0.1) is 13.2 Å². The Bertz CT molecular complexity index is 497. The van der Waals surface area contributed by atoms with Gasteiger partial charge in [0.1, 0.15) is 0 Å². The van der Waals surface area contributed by atoms with Crippen LogP contribution in [0, 0.1) is 17.8 Å². The summed E-state index contributed by atoms with van der Waals surface area (Å²) in [6, 6.07) is 0. The van der Waals surface area contributed by atoms with Crippen LogP contribution in [0.3, 0.4) is 0 Å². The highest BCUT2D eigenvalue weighted by Crippen LogP contribution is 2.40. The Morgan fingerprint density at radius 1 is 1.15 bits per heavy atom. The molecule has 0 saturated heterocycles. The van der Waals surface area contributed by atoms with Crippen molar-refractivity contribution in [1.82, 2.24) is 0 Å². The van der Waals surface area contributed by atoms with Crippen LogP contribution in [-0.2, 0) is 14.3 Å². The molecule has 2 N–H and O–H groups in total. The highest BCUT2D eigenvalue weighted by Gasteiger charge is 2.39. The van der Waals surface area contributed by atoms with Crippen molar-refractivity contribution in [3.63, 3.8) is 0 Å². The maximum Gasteiger partial charge on any atom is 0.305 e. The molecule has 0 radical (unpaired) electrons. The van der Waals surface area contributed by atoms with Crippen LogP contribution in [0.4, 0.5) is 0 Å². The van der Waals surface area contributed by atoms with Crippen LogP contribution >= 0.6 is 0 Å². The molecule has 0 amide bonds. The van der Waals surface area contributed by atoms with Gasteiger partial charge in [-0.3, -0.25) is 9.59 Å². The molecular formula is C22H36O5. The van der Waals surface area contributed by atoms with Crippen LogP contribution in [0.5, 0.6) is 0 Å². The molecule has 0 aromatic carbocycles. The first-order valence-corrected chi connectivity index (χ1v) is 10.2. The summed E-state index contributed by atoms with van der Waals surface area (Å²) in [4.78, 5) is 23.1. The zero-order chi connectivity index (χ0) is 20.1. The molecule has 0 aromatic rings. The van der Waals surface area contributed by atoms with E-state index in [4.69, 9.17) is 0 Å². The highest BCUT2D eigenvalue weighted by atomic mass is 16.5. The lowest BCUT2D eigenvalue weighted by Gasteiger charge is -2.20. The number of ether oxygens (including phenoxy) is 1. The number of unbranched alkanes of at least 4 members (excludes halogenated alkanes) is 3. The summed E-state index contributed by atoms with van der Waals surface area (Å²) < 4.78 is 4.61. The molecule has 0 unspecified atom stereocenters. The third-order valence-corrected chi connectivity index (χ3v) is 5.40. The summed E-state index contributed by atoms with van der Waals surface area (Å²) in [5, 5.41) is 20.0. The van der Waals surface area contributed by atoms with Crippen LogP contribution in [0.25, 0.3) is 0 Å². The Labute approximate surface area is 163 Å². The number of esters is 1. The van der Waals surface area contributed by atoms with E-state index in [9.17, 15) is 19.8 Å². The first-order valence-electron chi connectivity index (χ1n) is 10.2. The monoisotopic (exact) mass is 380 g/mol. The standard InChI is InChI=1S/C22H36O5/c1-3-4-7-10-18(24)13-14-19-17(16-23)15-21(25)20(19)11-8-5-6-9-12-22(26)27-2/h5,8,13-14,17,19-21,23,25H,3-4,6-7,9-12,15-16H2,1-2H3/b8-5-,14-13+/t17-,19-,20+,21-/m0/s1. The Balaban J connectivity index is 2.53. The van der Waals surface area contributed by atoms with Crippen molar-refractivity contribution in [1.29, 1.82) is 0 Å². The topological polar surface area (TPSA) is 83.8 Å². The average molecular weight is 381 g/mol. The van der Waals surface area contributed by atoms with Gasteiger partial charge >= 0.3 is 5.97 Å². The van der Waals surface area contributed by atoms with Gasteiger partial charge < -0.3 is 14.9 Å². The van der Waals surface area contributed by atoms with Gasteiger partial charge in [-0.15, -0.1) is 0 Å². The minimum Gasteiger partial charge on any atom is -0.469 e. The van der Waals surface area contributed by atoms with Crippen molar-refractivity contribution in [3.8, 4) is 0 Å². The van der Waals surface area contributed by atoms with Crippen molar-refractivity contribution in [2.24, 2.45) is 17.8 Å². The minimum atomic E-state index is -0.466. The van der Waals surface area contributed by atoms with Gasteiger partial charge in [0.2, 0.25) is 0 Å². The quantitative estimate of drug-likeness (QED) is 0.221. The van der Waals surface area contributed by atoms with Gasteiger partial charge in [0.25, 0.3) is 0 Å². The predicted octanol–water partition coefficient (Wildman–Crippen LogP) is 3.59. The van der Waals surface area contributed by atoms with E-state index in [1.165, 1.54) is 7.11 Å². The first-order chi connectivity index (χ1) is 13.0. The molecule has 5 nitrogen and oxygen atoms in total. The molecule has 0 aromatic heterocycles. The second-order valence-corrected chi connectivity index (χ2v) is 7.44. The molecule has 1 saturated carbocycles. The summed E-state index contributed by atoms with van der Waals surface area (Å²) in [5.41, 5.74) is 0. The number of aliphatic hydroxyl groups is 2. The van der Waals surface area contributed by atoms with E-state index in [1.54, 1.807) is 6.08 Å². The van der Waals surface area contributed by atoms with E-state index in [0.29, 0.717) is 25.7 Å². The molecular weight excluding hydrogens is 344 g/mol. The molecule has 4 atom stereocenters. The van der Waals surface area contributed by atoms with E-state index in [2.05, 4.69) is 11.7 Å². The molecule has 1 aliphatic rings. The number of methoxy groups -OCH3 is 1. The molecule has 0 aliphatic heterocycles. The smallest absolute Gasteiger partial charge is 0.305 e. The SMILES string of the molecule is CCCCCC(=O)/C=C/[C@H]1[C@H](CO)C[C@H](O)[C@@H]1C/C=C\CCCC(=O)OC. The molecule has 27 heavy (non-hydrogen) atoms. The predicted molar refractivity (Wildman–Crippen MR) is 106 cm³/mol. The minimum absolute atomic E-state index is 0.00239. The number of hydrogen-bond acceptors (Lipinski definition) is 5. The fourth-order valence-electron chi connectivity index (χ4n) is 3.75. The van der Waals surface area contributed by atoms with Gasteiger partial charge in [-0.1, -0.05) is 38.0 Å². The molecule has 5 heteroatoms. The number of rotatable bonds is 13. The van der Waals surface area contributed by atoms with Crippen LogP contribution in [0.1, 0.15) is 64.7 Å². The largest absolute Gasteiger partial charge is 0.469 e. The normalized spacial score (nSPS) is 25.5. The lowest BCUT2D eigenvalue weighted by molar-refractivity contribution is -0.140. The van der Waals surface area contributed by atoms with Gasteiger partial charge in [0, 0.05) is 19.4 Å². The van der Waals surface area contributed by atoms with Crippen LogP contribution in [0.2, 0.25) is 0 Å². The molecule has 0 spiro atoms. The summed E-state index contributed by atoms with van der Waals surface area (Å²) in [6.45, 7) is 2.13. The van der Waals surface area contributed by atoms with E-state index in [-0.39, 0.29) is 36.1 Å². The maximum absolute atomic E-state index is 12.0. The number of carbonyl (C=O) groups excluding carboxylic acids is 2. The summed E-state index contributed by atoms with van der Waals surface area (Å²) in [6.07, 6.45) is 14.0. The average Bonchev–Trinajstić information content (AvgIpc) is 2.97. The van der Waals surface area contributed by atoms with Crippen molar-refractivity contribution in [3.05, 3.63) is 24.3 Å². The van der Waals surface area contributed by atoms with E-state index >= 15 is 0 Å². The van der Waals surface area contributed by atoms with Crippen LogP contribution in [0.15, 0.2) is 24.3 Å². The lowest BCUT2D eigenvalue weighted by Crippen LogP contribution is -2.19.